The Morgan fingerprint density at radius 3 is 2.12 bits per heavy atom. The van der Waals surface area contributed by atoms with Crippen LogP contribution in [0.15, 0.2) is 0 Å². The third-order valence-electron chi connectivity index (χ3n) is 2.83. The average molecular weight is 236 g/mol. The summed E-state index contributed by atoms with van der Waals surface area (Å²) in [7, 11) is 2.28. The molecule has 0 heterocycles. The average Bonchev–Trinajstić information content (AvgIpc) is 2.25. The van der Waals surface area contributed by atoms with E-state index in [0.29, 0.717) is 0 Å². The van der Waals surface area contributed by atoms with Crippen molar-refractivity contribution < 1.29 is 27.8 Å². The fraction of sp³-hybridized carbons (Fsp3) is 0.800. The molecule has 1 fully saturated rings. The van der Waals surface area contributed by atoms with Crippen LogP contribution in [0.3, 0.4) is 0 Å². The van der Waals surface area contributed by atoms with Crippen molar-refractivity contribution in [2.75, 3.05) is 14.2 Å². The van der Waals surface area contributed by atoms with Gasteiger partial charge >= 0.3 is 11.9 Å². The van der Waals surface area contributed by atoms with Gasteiger partial charge in [0.25, 0.3) is 0 Å². The van der Waals surface area contributed by atoms with Gasteiger partial charge in [-0.2, -0.15) is 0 Å². The Balaban J connectivity index is 2.84. The van der Waals surface area contributed by atoms with Crippen LogP contribution in [0.1, 0.15) is 19.3 Å². The van der Waals surface area contributed by atoms with Crippen molar-refractivity contribution in [3.8, 4) is 0 Å². The van der Waals surface area contributed by atoms with Crippen molar-refractivity contribution in [3.05, 3.63) is 0 Å². The van der Waals surface area contributed by atoms with Crippen LogP contribution in [0.25, 0.3) is 0 Å². The van der Waals surface area contributed by atoms with Gasteiger partial charge in [0.05, 0.1) is 26.1 Å². The van der Waals surface area contributed by atoms with Gasteiger partial charge in [0, 0.05) is 12.8 Å². The third-order valence-corrected chi connectivity index (χ3v) is 2.83. The van der Waals surface area contributed by atoms with Crippen molar-refractivity contribution in [1.82, 2.24) is 0 Å². The first-order chi connectivity index (χ1) is 7.41. The summed E-state index contributed by atoms with van der Waals surface area (Å²) in [6, 6.07) is 0. The molecule has 0 spiro atoms. The van der Waals surface area contributed by atoms with Gasteiger partial charge in [-0.1, -0.05) is 0 Å². The summed E-state index contributed by atoms with van der Waals surface area (Å²) >= 11 is 0. The fourth-order valence-corrected chi connectivity index (χ4v) is 1.97. The van der Waals surface area contributed by atoms with E-state index >= 15 is 0 Å². The van der Waals surface area contributed by atoms with Crippen molar-refractivity contribution in [3.63, 3.8) is 0 Å². The number of methoxy groups -OCH3 is 2. The molecule has 0 aromatic carbocycles. The minimum absolute atomic E-state index is 0.0561. The van der Waals surface area contributed by atoms with E-state index in [4.69, 9.17) is 0 Å². The number of alkyl halides is 2. The summed E-state index contributed by atoms with van der Waals surface area (Å²) in [4.78, 5) is 22.7. The molecule has 0 aliphatic heterocycles. The number of carbonyl (C=O) groups excluding carboxylic acids is 2. The molecular formula is C10H14F2O4. The Kier molecular flexibility index (Phi) is 3.83. The molecule has 4 nitrogen and oxygen atoms in total. The molecule has 0 amide bonds. The highest BCUT2D eigenvalue weighted by molar-refractivity contribution is 5.82. The maximum Gasteiger partial charge on any atom is 0.309 e. The van der Waals surface area contributed by atoms with Gasteiger partial charge in [-0.25, -0.2) is 8.78 Å². The lowest BCUT2D eigenvalue weighted by Gasteiger charge is -2.32. The second-order valence-corrected chi connectivity index (χ2v) is 3.86. The first kappa shape index (κ1) is 12.9. The molecule has 1 rings (SSSR count). The predicted molar refractivity (Wildman–Crippen MR) is 49.8 cm³/mol. The minimum atomic E-state index is -2.91. The topological polar surface area (TPSA) is 52.6 Å². The van der Waals surface area contributed by atoms with Crippen LogP contribution in [-0.4, -0.2) is 32.1 Å². The second-order valence-electron chi connectivity index (χ2n) is 3.86. The van der Waals surface area contributed by atoms with Crippen molar-refractivity contribution in [2.24, 2.45) is 11.8 Å². The Labute approximate surface area is 91.9 Å². The maximum absolute atomic E-state index is 13.1. The van der Waals surface area contributed by atoms with Crippen LogP contribution in [0.4, 0.5) is 8.78 Å². The van der Waals surface area contributed by atoms with Crippen LogP contribution in [0.5, 0.6) is 0 Å². The van der Waals surface area contributed by atoms with E-state index in [0.717, 1.165) is 7.11 Å². The van der Waals surface area contributed by atoms with Gasteiger partial charge < -0.3 is 9.47 Å². The molecule has 6 heteroatoms. The molecular weight excluding hydrogens is 222 g/mol. The minimum Gasteiger partial charge on any atom is -0.469 e. The van der Waals surface area contributed by atoms with Crippen LogP contribution in [-0.2, 0) is 19.1 Å². The molecule has 1 aliphatic rings. The molecule has 2 atom stereocenters. The summed E-state index contributed by atoms with van der Waals surface area (Å²) in [5, 5.41) is 0. The number of hydrogen-bond acceptors (Lipinski definition) is 4. The summed E-state index contributed by atoms with van der Waals surface area (Å²) in [5.41, 5.74) is 0. The Hall–Kier alpha value is -1.20. The predicted octanol–water partition coefficient (Wildman–Crippen LogP) is 1.38. The molecule has 0 N–H and O–H groups in total. The molecule has 1 aliphatic carbocycles. The van der Waals surface area contributed by atoms with Crippen molar-refractivity contribution >= 4 is 11.9 Å². The lowest BCUT2D eigenvalue weighted by atomic mass is 9.77. The Morgan fingerprint density at radius 2 is 1.62 bits per heavy atom. The maximum atomic E-state index is 13.1. The van der Waals surface area contributed by atoms with Crippen LogP contribution < -0.4 is 0 Å². The zero-order valence-electron chi connectivity index (χ0n) is 9.16. The zero-order chi connectivity index (χ0) is 12.3. The van der Waals surface area contributed by atoms with Crippen LogP contribution in [0, 0.1) is 11.8 Å². The molecule has 2 unspecified atom stereocenters. The van der Waals surface area contributed by atoms with Gasteiger partial charge in [0.1, 0.15) is 0 Å². The van der Waals surface area contributed by atoms with Gasteiger partial charge in [-0.15, -0.1) is 0 Å². The summed E-state index contributed by atoms with van der Waals surface area (Å²) < 4.78 is 35.2. The van der Waals surface area contributed by atoms with Crippen LogP contribution >= 0.6 is 0 Å². The van der Waals surface area contributed by atoms with E-state index in [1.807, 2.05) is 0 Å². The highest BCUT2D eigenvalue weighted by Gasteiger charge is 2.48. The highest BCUT2D eigenvalue weighted by Crippen LogP contribution is 2.41. The first-order valence-electron chi connectivity index (χ1n) is 4.95. The molecule has 1 saturated carbocycles. The van der Waals surface area contributed by atoms with E-state index in [9.17, 15) is 18.4 Å². The SMILES string of the molecule is COC(=O)C1CCC(F)(F)CC1C(=O)OC. The largest absolute Gasteiger partial charge is 0.469 e. The van der Waals surface area contributed by atoms with E-state index in [1.54, 1.807) is 0 Å². The fourth-order valence-electron chi connectivity index (χ4n) is 1.97. The van der Waals surface area contributed by atoms with E-state index in [2.05, 4.69) is 9.47 Å². The lowest BCUT2D eigenvalue weighted by molar-refractivity contribution is -0.168. The van der Waals surface area contributed by atoms with Gasteiger partial charge in [-0.3, -0.25) is 9.59 Å². The lowest BCUT2D eigenvalue weighted by Crippen LogP contribution is -2.41. The third kappa shape index (κ3) is 2.68. The quantitative estimate of drug-likeness (QED) is 0.680. The van der Waals surface area contributed by atoms with E-state index < -0.39 is 42.5 Å². The molecule has 16 heavy (non-hydrogen) atoms. The number of esters is 2. The molecule has 0 bridgehead atoms. The normalized spacial score (nSPS) is 28.2. The van der Waals surface area contributed by atoms with E-state index in [-0.39, 0.29) is 6.42 Å². The molecule has 0 aromatic rings. The van der Waals surface area contributed by atoms with Crippen molar-refractivity contribution in [2.45, 2.75) is 25.2 Å². The number of halogens is 2. The van der Waals surface area contributed by atoms with Gasteiger partial charge in [0.2, 0.25) is 5.92 Å². The first-order valence-corrected chi connectivity index (χ1v) is 4.95. The molecule has 0 radical (unpaired) electrons. The molecule has 0 saturated heterocycles. The van der Waals surface area contributed by atoms with Gasteiger partial charge in [-0.05, 0) is 6.42 Å². The summed E-state index contributed by atoms with van der Waals surface area (Å²) in [6.45, 7) is 0. The summed E-state index contributed by atoms with van der Waals surface area (Å²) in [6.07, 6.45) is -1.11. The molecule has 92 valence electrons. The standard InChI is InChI=1S/C10H14F2O4/c1-15-8(13)6-3-4-10(11,12)5-7(6)9(14)16-2/h6-7H,3-5H2,1-2H3. The Bertz CT molecular complexity index is 291. The van der Waals surface area contributed by atoms with Crippen LogP contribution in [0.2, 0.25) is 0 Å². The number of ether oxygens (including phenoxy) is 2. The Morgan fingerprint density at radius 1 is 1.12 bits per heavy atom. The number of rotatable bonds is 2. The smallest absolute Gasteiger partial charge is 0.309 e. The van der Waals surface area contributed by atoms with Crippen molar-refractivity contribution in [1.29, 1.82) is 0 Å². The van der Waals surface area contributed by atoms with Gasteiger partial charge in [0.15, 0.2) is 0 Å². The zero-order valence-corrected chi connectivity index (χ0v) is 9.16. The van der Waals surface area contributed by atoms with E-state index in [1.165, 1.54) is 7.11 Å². The highest BCUT2D eigenvalue weighted by atomic mass is 19.3. The monoisotopic (exact) mass is 236 g/mol. The molecule has 0 aromatic heterocycles. The second kappa shape index (κ2) is 4.76. The summed E-state index contributed by atoms with van der Waals surface area (Å²) in [5.74, 6) is -6.26. The number of carbonyl (C=O) groups is 2. The number of hydrogen-bond donors (Lipinski definition) is 0.